The number of rotatable bonds is 4. The number of carboxylic acids is 1. The number of carboxylic acid groups (broad SMARTS) is 1. The fraction of sp³-hybridized carbons (Fsp3) is 0.0769. The van der Waals surface area contributed by atoms with Crippen LogP contribution in [0.1, 0.15) is 10.4 Å². The van der Waals surface area contributed by atoms with E-state index in [1.807, 2.05) is 0 Å². The smallest absolute Gasteiger partial charge is 0.335 e. The molecule has 22 heavy (non-hydrogen) atoms. The summed E-state index contributed by atoms with van der Waals surface area (Å²) in [4.78, 5) is 24.5. The molecule has 0 saturated carbocycles. The third-order valence-corrected chi connectivity index (χ3v) is 3.98. The third kappa shape index (κ3) is 3.46. The molecule has 2 N–H and O–H groups in total. The highest BCUT2D eigenvalue weighted by Gasteiger charge is 2.19. The van der Waals surface area contributed by atoms with E-state index < -0.39 is 21.4 Å². The van der Waals surface area contributed by atoms with Gasteiger partial charge in [0, 0.05) is 18.5 Å². The molecule has 9 heteroatoms. The zero-order chi connectivity index (χ0) is 16.5. The van der Waals surface area contributed by atoms with E-state index in [0.29, 0.717) is 0 Å². The minimum atomic E-state index is -3.77. The van der Waals surface area contributed by atoms with Crippen LogP contribution in [0.3, 0.4) is 0 Å². The molecular formula is C13H10ClNO6S. The average Bonchev–Trinajstić information content (AvgIpc) is 2.42. The lowest BCUT2D eigenvalue weighted by Crippen LogP contribution is -2.10. The molecular weight excluding hydrogens is 334 g/mol. The molecule has 0 radical (unpaired) electrons. The molecule has 0 atom stereocenters. The molecule has 0 fully saturated rings. The number of carbonyl (C=O) groups is 1. The summed E-state index contributed by atoms with van der Waals surface area (Å²) in [7, 11) is -3.77. The maximum Gasteiger partial charge on any atom is 0.335 e. The van der Waals surface area contributed by atoms with E-state index in [1.165, 1.54) is 24.4 Å². The SMILES string of the molecule is CS(=O)(=O)c1cc(C(=O)O)ccc1Oc1cc(Cl)c[nH]c1=O. The standard InChI is InChI=1S/C13H10ClNO6S/c1-22(19,20)11-4-7(13(17)18)2-3-9(11)21-10-5-8(14)6-15-12(10)16/h2-6H,1H3,(H,15,16)(H,17,18). The van der Waals surface area contributed by atoms with E-state index in [2.05, 4.69) is 4.98 Å². The second-order valence-electron chi connectivity index (χ2n) is 4.35. The highest BCUT2D eigenvalue weighted by molar-refractivity contribution is 7.90. The van der Waals surface area contributed by atoms with Crippen LogP contribution >= 0.6 is 11.6 Å². The van der Waals surface area contributed by atoms with Gasteiger partial charge in [-0.15, -0.1) is 0 Å². The number of H-pyrrole nitrogens is 1. The topological polar surface area (TPSA) is 114 Å². The number of ether oxygens (including phenoxy) is 1. The lowest BCUT2D eigenvalue weighted by Gasteiger charge is -2.10. The summed E-state index contributed by atoms with van der Waals surface area (Å²) in [5.41, 5.74) is -0.820. The van der Waals surface area contributed by atoms with Crippen molar-refractivity contribution in [3.8, 4) is 11.5 Å². The molecule has 1 aromatic carbocycles. The molecule has 1 aromatic heterocycles. The Balaban J connectivity index is 2.58. The van der Waals surface area contributed by atoms with Gasteiger partial charge >= 0.3 is 5.97 Å². The van der Waals surface area contributed by atoms with Gasteiger partial charge < -0.3 is 14.8 Å². The highest BCUT2D eigenvalue weighted by atomic mass is 35.5. The lowest BCUT2D eigenvalue weighted by atomic mass is 10.2. The van der Waals surface area contributed by atoms with Crippen LogP contribution in [0.25, 0.3) is 0 Å². The summed E-state index contributed by atoms with van der Waals surface area (Å²) in [6, 6.07) is 4.52. The lowest BCUT2D eigenvalue weighted by molar-refractivity contribution is 0.0696. The van der Waals surface area contributed by atoms with Crippen molar-refractivity contribution in [1.29, 1.82) is 0 Å². The minimum Gasteiger partial charge on any atom is -0.478 e. The van der Waals surface area contributed by atoms with Crippen molar-refractivity contribution in [2.24, 2.45) is 0 Å². The number of hydrogen-bond acceptors (Lipinski definition) is 5. The molecule has 0 aliphatic carbocycles. The summed E-state index contributed by atoms with van der Waals surface area (Å²) < 4.78 is 28.9. The Morgan fingerprint density at radius 2 is 1.95 bits per heavy atom. The highest BCUT2D eigenvalue weighted by Crippen LogP contribution is 2.29. The minimum absolute atomic E-state index is 0.166. The first-order chi connectivity index (χ1) is 10.2. The molecule has 0 aliphatic heterocycles. The van der Waals surface area contributed by atoms with E-state index in [1.54, 1.807) is 0 Å². The normalized spacial score (nSPS) is 11.2. The van der Waals surface area contributed by atoms with E-state index in [9.17, 15) is 18.0 Å². The quantitative estimate of drug-likeness (QED) is 0.876. The number of aromatic carboxylic acids is 1. The van der Waals surface area contributed by atoms with Gasteiger partial charge in [0.15, 0.2) is 15.6 Å². The van der Waals surface area contributed by atoms with Gasteiger partial charge in [0.2, 0.25) is 0 Å². The number of halogens is 1. The van der Waals surface area contributed by atoms with Gasteiger partial charge in [-0.25, -0.2) is 13.2 Å². The van der Waals surface area contributed by atoms with E-state index >= 15 is 0 Å². The summed E-state index contributed by atoms with van der Waals surface area (Å²) >= 11 is 5.73. The Labute approximate surface area is 130 Å². The van der Waals surface area contributed by atoms with Crippen molar-refractivity contribution in [2.45, 2.75) is 4.90 Å². The Morgan fingerprint density at radius 3 is 2.55 bits per heavy atom. The monoisotopic (exact) mass is 343 g/mol. The van der Waals surface area contributed by atoms with Crippen molar-refractivity contribution in [3.63, 3.8) is 0 Å². The van der Waals surface area contributed by atoms with Gasteiger partial charge in [-0.05, 0) is 18.2 Å². The van der Waals surface area contributed by atoms with Crippen molar-refractivity contribution < 1.29 is 23.1 Å². The fourth-order valence-electron chi connectivity index (χ4n) is 1.65. The first-order valence-electron chi connectivity index (χ1n) is 5.82. The molecule has 116 valence electrons. The zero-order valence-corrected chi connectivity index (χ0v) is 12.7. The summed E-state index contributed by atoms with van der Waals surface area (Å²) in [6.07, 6.45) is 2.16. The summed E-state index contributed by atoms with van der Waals surface area (Å²) in [6.45, 7) is 0. The maximum atomic E-state index is 11.8. The molecule has 0 spiro atoms. The summed E-state index contributed by atoms with van der Waals surface area (Å²) in [5.74, 6) is -1.65. The third-order valence-electron chi connectivity index (χ3n) is 2.64. The van der Waals surface area contributed by atoms with Crippen LogP contribution in [0, 0.1) is 0 Å². The van der Waals surface area contributed by atoms with Crippen LogP contribution in [0.4, 0.5) is 0 Å². The molecule has 1 heterocycles. The summed E-state index contributed by atoms with van der Waals surface area (Å²) in [5, 5.41) is 9.12. The first-order valence-corrected chi connectivity index (χ1v) is 8.09. The Bertz CT molecular complexity index is 903. The Morgan fingerprint density at radius 1 is 1.27 bits per heavy atom. The van der Waals surface area contributed by atoms with Gasteiger partial charge in [-0.2, -0.15) is 0 Å². The number of sulfone groups is 1. The maximum absolute atomic E-state index is 11.8. The van der Waals surface area contributed by atoms with Crippen molar-refractivity contribution in [3.05, 3.63) is 51.4 Å². The van der Waals surface area contributed by atoms with E-state index in [4.69, 9.17) is 21.4 Å². The fourth-order valence-corrected chi connectivity index (χ4v) is 2.62. The number of benzene rings is 1. The molecule has 2 rings (SSSR count). The average molecular weight is 344 g/mol. The molecule has 7 nitrogen and oxygen atoms in total. The van der Waals surface area contributed by atoms with Gasteiger partial charge in [0.25, 0.3) is 5.56 Å². The van der Waals surface area contributed by atoms with Crippen LogP contribution in [-0.4, -0.2) is 30.7 Å². The van der Waals surface area contributed by atoms with Crippen LogP contribution in [0.2, 0.25) is 5.02 Å². The van der Waals surface area contributed by atoms with E-state index in [0.717, 1.165) is 12.3 Å². The largest absolute Gasteiger partial charge is 0.478 e. The Kier molecular flexibility index (Phi) is 4.25. The predicted molar refractivity (Wildman–Crippen MR) is 78.7 cm³/mol. The number of hydrogen-bond donors (Lipinski definition) is 2. The molecule has 0 bridgehead atoms. The second kappa shape index (κ2) is 5.82. The van der Waals surface area contributed by atoms with Crippen LogP contribution in [0.5, 0.6) is 11.5 Å². The van der Waals surface area contributed by atoms with Crippen LogP contribution in [-0.2, 0) is 9.84 Å². The van der Waals surface area contributed by atoms with Gasteiger partial charge in [-0.3, -0.25) is 4.79 Å². The molecule has 0 saturated heterocycles. The number of aromatic amines is 1. The predicted octanol–water partition coefficient (Wildman–Crippen LogP) is 1.92. The first kappa shape index (κ1) is 16.1. The van der Waals surface area contributed by atoms with Crippen molar-refractivity contribution in [2.75, 3.05) is 6.26 Å². The van der Waals surface area contributed by atoms with Gasteiger partial charge in [0.05, 0.1) is 10.6 Å². The van der Waals surface area contributed by atoms with Gasteiger partial charge in [0.1, 0.15) is 10.6 Å². The zero-order valence-electron chi connectivity index (χ0n) is 11.2. The molecule has 0 aliphatic rings. The van der Waals surface area contributed by atoms with Crippen LogP contribution in [0.15, 0.2) is 40.2 Å². The second-order valence-corrected chi connectivity index (χ2v) is 6.77. The molecule has 2 aromatic rings. The number of aromatic nitrogens is 1. The molecule has 0 unspecified atom stereocenters. The van der Waals surface area contributed by atoms with Crippen LogP contribution < -0.4 is 10.3 Å². The number of nitrogens with one attached hydrogen (secondary N) is 1. The van der Waals surface area contributed by atoms with Gasteiger partial charge in [-0.1, -0.05) is 11.6 Å². The van der Waals surface area contributed by atoms with Crippen molar-refractivity contribution in [1.82, 2.24) is 4.98 Å². The van der Waals surface area contributed by atoms with E-state index in [-0.39, 0.29) is 27.0 Å². The Hall–Kier alpha value is -2.32. The number of pyridine rings is 1. The molecule has 0 amide bonds. The van der Waals surface area contributed by atoms with Crippen molar-refractivity contribution >= 4 is 27.4 Å².